The standard InChI is InChI=1S/C25H27N3O/c1-3-9-19(2)10-8-13-20-11-4-6-14-22(20)25(28-17-16-26-27-28)24-18-21-12-5-7-15-23(21)29-24/h3-7,11-12,14-19,25H,1,8-10,13H2,2H3. The summed E-state index contributed by atoms with van der Waals surface area (Å²) in [5.41, 5.74) is 3.44. The molecule has 0 spiro atoms. The number of aryl methyl sites for hydroxylation is 1. The Hall–Kier alpha value is -3.14. The van der Waals surface area contributed by atoms with Crippen LogP contribution in [0.4, 0.5) is 0 Å². The van der Waals surface area contributed by atoms with Crippen molar-refractivity contribution in [3.8, 4) is 0 Å². The maximum Gasteiger partial charge on any atom is 0.137 e. The lowest BCUT2D eigenvalue weighted by Crippen LogP contribution is -2.14. The van der Waals surface area contributed by atoms with E-state index in [0.717, 1.165) is 36.0 Å². The zero-order valence-corrected chi connectivity index (χ0v) is 16.9. The smallest absolute Gasteiger partial charge is 0.137 e. The highest BCUT2D eigenvalue weighted by Gasteiger charge is 2.23. The summed E-state index contributed by atoms with van der Waals surface area (Å²) in [7, 11) is 0. The Morgan fingerprint density at radius 2 is 1.97 bits per heavy atom. The average molecular weight is 386 g/mol. The molecular weight excluding hydrogens is 358 g/mol. The molecule has 29 heavy (non-hydrogen) atoms. The molecule has 0 amide bonds. The van der Waals surface area contributed by atoms with Gasteiger partial charge in [0.15, 0.2) is 0 Å². The van der Waals surface area contributed by atoms with Crippen LogP contribution in [0.15, 0.2) is 84.1 Å². The number of nitrogens with zero attached hydrogens (tertiary/aromatic N) is 3. The van der Waals surface area contributed by atoms with Crippen molar-refractivity contribution in [3.63, 3.8) is 0 Å². The van der Waals surface area contributed by atoms with Gasteiger partial charge < -0.3 is 4.42 Å². The van der Waals surface area contributed by atoms with Gasteiger partial charge in [-0.05, 0) is 48.4 Å². The molecule has 0 bridgehead atoms. The van der Waals surface area contributed by atoms with Crippen molar-refractivity contribution in [2.24, 2.45) is 5.92 Å². The van der Waals surface area contributed by atoms with Crippen LogP contribution < -0.4 is 0 Å². The summed E-state index contributed by atoms with van der Waals surface area (Å²) >= 11 is 0. The average Bonchev–Trinajstić information content (AvgIpc) is 3.39. The van der Waals surface area contributed by atoms with E-state index >= 15 is 0 Å². The molecule has 0 aliphatic rings. The van der Waals surface area contributed by atoms with Gasteiger partial charge >= 0.3 is 0 Å². The van der Waals surface area contributed by atoms with Gasteiger partial charge in [0.1, 0.15) is 17.4 Å². The van der Waals surface area contributed by atoms with Gasteiger partial charge in [0.25, 0.3) is 0 Å². The van der Waals surface area contributed by atoms with E-state index in [1.165, 1.54) is 17.5 Å². The van der Waals surface area contributed by atoms with Crippen molar-refractivity contribution in [3.05, 3.63) is 96.5 Å². The maximum atomic E-state index is 6.24. The molecule has 4 aromatic rings. The molecule has 0 aliphatic heterocycles. The number of furan rings is 1. The highest BCUT2D eigenvalue weighted by Crippen LogP contribution is 2.33. The summed E-state index contributed by atoms with van der Waals surface area (Å²) in [6, 6.07) is 18.7. The first-order chi connectivity index (χ1) is 14.3. The molecule has 0 fully saturated rings. The lowest BCUT2D eigenvalue weighted by Gasteiger charge is -2.19. The van der Waals surface area contributed by atoms with Crippen molar-refractivity contribution in [1.82, 2.24) is 15.0 Å². The molecule has 4 rings (SSSR count). The Bertz CT molecular complexity index is 1030. The van der Waals surface area contributed by atoms with Crippen LogP contribution >= 0.6 is 0 Å². The predicted octanol–water partition coefficient (Wildman–Crippen LogP) is 6.20. The predicted molar refractivity (Wildman–Crippen MR) is 117 cm³/mol. The Labute approximate surface area is 171 Å². The number of para-hydroxylation sites is 1. The van der Waals surface area contributed by atoms with Crippen LogP contribution in [0.3, 0.4) is 0 Å². The van der Waals surface area contributed by atoms with Crippen LogP contribution in [0.1, 0.15) is 49.1 Å². The van der Waals surface area contributed by atoms with E-state index in [9.17, 15) is 0 Å². The number of allylic oxidation sites excluding steroid dienone is 1. The summed E-state index contributed by atoms with van der Waals surface area (Å²) in [4.78, 5) is 0. The number of hydrogen-bond acceptors (Lipinski definition) is 3. The van der Waals surface area contributed by atoms with E-state index in [1.54, 1.807) is 6.20 Å². The van der Waals surface area contributed by atoms with E-state index < -0.39 is 0 Å². The van der Waals surface area contributed by atoms with Gasteiger partial charge in [-0.2, -0.15) is 0 Å². The van der Waals surface area contributed by atoms with E-state index in [1.807, 2.05) is 35.2 Å². The summed E-state index contributed by atoms with van der Waals surface area (Å²) in [5.74, 6) is 1.55. The van der Waals surface area contributed by atoms with Crippen molar-refractivity contribution in [1.29, 1.82) is 0 Å². The van der Waals surface area contributed by atoms with Gasteiger partial charge in [-0.15, -0.1) is 11.7 Å². The zero-order valence-electron chi connectivity index (χ0n) is 16.9. The monoisotopic (exact) mass is 385 g/mol. The summed E-state index contributed by atoms with van der Waals surface area (Å²) in [6.45, 7) is 6.15. The Kier molecular flexibility index (Phi) is 5.89. The Morgan fingerprint density at radius 3 is 2.76 bits per heavy atom. The molecule has 0 N–H and O–H groups in total. The molecular formula is C25H27N3O. The first kappa shape index (κ1) is 19.2. The molecule has 0 radical (unpaired) electrons. The first-order valence-electron chi connectivity index (χ1n) is 10.3. The van der Waals surface area contributed by atoms with E-state index in [-0.39, 0.29) is 6.04 Å². The number of fused-ring (bicyclic) bond motifs is 1. The van der Waals surface area contributed by atoms with E-state index in [2.05, 4.69) is 60.2 Å². The second-order valence-corrected chi connectivity index (χ2v) is 7.69. The number of aromatic nitrogens is 3. The van der Waals surface area contributed by atoms with Crippen LogP contribution in [0.2, 0.25) is 0 Å². The van der Waals surface area contributed by atoms with Crippen molar-refractivity contribution in [2.45, 2.75) is 38.6 Å². The molecule has 2 unspecified atom stereocenters. The van der Waals surface area contributed by atoms with Crippen LogP contribution in [0.5, 0.6) is 0 Å². The third kappa shape index (κ3) is 4.32. The Morgan fingerprint density at radius 1 is 1.14 bits per heavy atom. The van der Waals surface area contributed by atoms with Gasteiger partial charge in [0, 0.05) is 11.6 Å². The first-order valence-corrected chi connectivity index (χ1v) is 10.3. The zero-order chi connectivity index (χ0) is 20.1. The minimum absolute atomic E-state index is 0.133. The summed E-state index contributed by atoms with van der Waals surface area (Å²) in [6.07, 6.45) is 10.1. The fraction of sp³-hybridized carbons (Fsp3) is 0.280. The van der Waals surface area contributed by atoms with Gasteiger partial charge in [0.2, 0.25) is 0 Å². The second kappa shape index (κ2) is 8.91. The molecule has 4 nitrogen and oxygen atoms in total. The van der Waals surface area contributed by atoms with Crippen LogP contribution in [0, 0.1) is 5.92 Å². The third-order valence-corrected chi connectivity index (χ3v) is 5.48. The topological polar surface area (TPSA) is 43.9 Å². The maximum absolute atomic E-state index is 6.24. The molecule has 0 saturated carbocycles. The fourth-order valence-electron chi connectivity index (χ4n) is 3.99. The second-order valence-electron chi connectivity index (χ2n) is 7.69. The largest absolute Gasteiger partial charge is 0.458 e. The molecule has 2 aromatic heterocycles. The van der Waals surface area contributed by atoms with Gasteiger partial charge in [0.05, 0.1) is 6.20 Å². The fourth-order valence-corrected chi connectivity index (χ4v) is 3.99. The molecule has 2 atom stereocenters. The Balaban J connectivity index is 1.68. The lowest BCUT2D eigenvalue weighted by atomic mass is 9.93. The summed E-state index contributed by atoms with van der Waals surface area (Å²) < 4.78 is 8.12. The minimum Gasteiger partial charge on any atom is -0.458 e. The number of hydrogen-bond donors (Lipinski definition) is 0. The minimum atomic E-state index is -0.133. The highest BCUT2D eigenvalue weighted by atomic mass is 16.3. The molecule has 0 saturated heterocycles. The number of benzene rings is 2. The van der Waals surface area contributed by atoms with E-state index in [4.69, 9.17) is 4.42 Å². The van der Waals surface area contributed by atoms with Crippen LogP contribution in [-0.4, -0.2) is 15.0 Å². The highest BCUT2D eigenvalue weighted by molar-refractivity contribution is 5.78. The van der Waals surface area contributed by atoms with Gasteiger partial charge in [-0.25, -0.2) is 4.68 Å². The molecule has 0 aliphatic carbocycles. The van der Waals surface area contributed by atoms with Crippen LogP contribution in [0.25, 0.3) is 11.0 Å². The van der Waals surface area contributed by atoms with Gasteiger partial charge in [-0.3, -0.25) is 0 Å². The third-order valence-electron chi connectivity index (χ3n) is 5.48. The van der Waals surface area contributed by atoms with Crippen LogP contribution in [-0.2, 0) is 6.42 Å². The molecule has 148 valence electrons. The molecule has 4 heteroatoms. The number of rotatable bonds is 9. The lowest BCUT2D eigenvalue weighted by molar-refractivity contribution is 0.452. The SMILES string of the molecule is C=CCC(C)CCCc1ccccc1C(c1cc2ccccc2o1)n1ccnn1. The van der Waals surface area contributed by atoms with Crippen molar-refractivity contribution >= 4 is 11.0 Å². The molecule has 2 heterocycles. The normalized spacial score (nSPS) is 13.4. The quantitative estimate of drug-likeness (QED) is 0.322. The van der Waals surface area contributed by atoms with Gasteiger partial charge in [-0.1, -0.05) is 67.1 Å². The molecule has 2 aromatic carbocycles. The van der Waals surface area contributed by atoms with Crippen molar-refractivity contribution in [2.75, 3.05) is 0 Å². The summed E-state index contributed by atoms with van der Waals surface area (Å²) in [5, 5.41) is 9.45. The van der Waals surface area contributed by atoms with E-state index in [0.29, 0.717) is 5.92 Å². The van der Waals surface area contributed by atoms with Crippen molar-refractivity contribution < 1.29 is 4.42 Å².